The Kier molecular flexibility index (Phi) is 5.71. The highest BCUT2D eigenvalue weighted by molar-refractivity contribution is 5.85. The van der Waals surface area contributed by atoms with Gasteiger partial charge in [-0.2, -0.15) is 13.2 Å². The number of alkyl halides is 3. The first-order valence-corrected chi connectivity index (χ1v) is 5.31. The molecule has 1 aromatic rings. The van der Waals surface area contributed by atoms with Gasteiger partial charge in [-0.05, 0) is 13.8 Å². The van der Waals surface area contributed by atoms with E-state index in [1.807, 2.05) is 0 Å². The first kappa shape index (κ1) is 18.5. The summed E-state index contributed by atoms with van der Waals surface area (Å²) >= 11 is 0. The van der Waals surface area contributed by atoms with E-state index < -0.39 is 11.8 Å². The van der Waals surface area contributed by atoms with E-state index in [0.29, 0.717) is 18.8 Å². The monoisotopic (exact) mass is 321 g/mol. The van der Waals surface area contributed by atoms with Crippen LogP contribution < -0.4 is 5.32 Å². The van der Waals surface area contributed by atoms with Crippen LogP contribution in [0, 0.1) is 0 Å². The molecule has 0 spiro atoms. The smallest absolute Gasteiger partial charge is 0.374 e. The lowest BCUT2D eigenvalue weighted by molar-refractivity contribution is -0.263. The van der Waals surface area contributed by atoms with Crippen molar-refractivity contribution in [2.75, 3.05) is 6.54 Å². The lowest BCUT2D eigenvalue weighted by atomic mass is 10.0. The van der Waals surface area contributed by atoms with E-state index in [1.54, 1.807) is 6.92 Å². The Bertz CT molecular complexity index is 434. The van der Waals surface area contributed by atoms with Crippen LogP contribution in [0.3, 0.4) is 0 Å². The molecule has 0 bridgehead atoms. The summed E-state index contributed by atoms with van der Waals surface area (Å²) in [6.45, 7) is 3.54. The number of aliphatic hydroxyl groups is 1. The van der Waals surface area contributed by atoms with Gasteiger partial charge in [0.2, 0.25) is 5.60 Å². The van der Waals surface area contributed by atoms with Gasteiger partial charge >= 0.3 is 6.18 Å². The fraction of sp³-hybridized carbons (Fsp3) is 0.700. The van der Waals surface area contributed by atoms with Crippen molar-refractivity contribution in [1.29, 1.82) is 0 Å². The van der Waals surface area contributed by atoms with Crippen molar-refractivity contribution < 1.29 is 18.3 Å². The third-order valence-electron chi connectivity index (χ3n) is 3.05. The van der Waals surface area contributed by atoms with Crippen molar-refractivity contribution in [3.05, 3.63) is 17.7 Å². The number of imidazole rings is 1. The normalized spacial score (nSPS) is 21.7. The number of hydrogen-bond donors (Lipinski definition) is 2. The molecule has 1 aromatic heterocycles. The van der Waals surface area contributed by atoms with E-state index in [2.05, 4.69) is 10.3 Å². The zero-order valence-corrected chi connectivity index (χ0v) is 12.0. The molecule has 0 saturated heterocycles. The standard InChI is InChI=1S/C10H14F3N3O.2ClH/c1-6-3-14-4-7-5-15-8(16(6)7)9(2,17)10(11,12)13;;/h5-6,14,17H,3-4H2,1-2H3;2*1H/t6-,9?;;/m0../s1. The quantitative estimate of drug-likeness (QED) is 0.833. The van der Waals surface area contributed by atoms with Gasteiger partial charge in [0, 0.05) is 25.3 Å². The average Bonchev–Trinajstić information content (AvgIpc) is 2.61. The van der Waals surface area contributed by atoms with Crippen molar-refractivity contribution in [2.24, 2.45) is 0 Å². The molecular weight excluding hydrogens is 306 g/mol. The fourth-order valence-corrected chi connectivity index (χ4v) is 2.01. The van der Waals surface area contributed by atoms with E-state index in [-0.39, 0.29) is 36.7 Å². The van der Waals surface area contributed by atoms with E-state index in [4.69, 9.17) is 0 Å². The van der Waals surface area contributed by atoms with Gasteiger partial charge in [0.25, 0.3) is 0 Å². The van der Waals surface area contributed by atoms with Crippen molar-refractivity contribution in [3.8, 4) is 0 Å². The Morgan fingerprint density at radius 2 is 2.00 bits per heavy atom. The van der Waals surface area contributed by atoms with Crippen LogP contribution in [0.4, 0.5) is 13.2 Å². The second-order valence-electron chi connectivity index (χ2n) is 4.49. The molecule has 0 aliphatic carbocycles. The van der Waals surface area contributed by atoms with Gasteiger partial charge < -0.3 is 15.0 Å². The lowest BCUT2D eigenvalue weighted by Gasteiger charge is -2.31. The van der Waals surface area contributed by atoms with Crippen LogP contribution in [0.5, 0.6) is 0 Å². The molecule has 19 heavy (non-hydrogen) atoms. The van der Waals surface area contributed by atoms with Crippen molar-refractivity contribution in [2.45, 2.75) is 38.2 Å². The number of nitrogens with one attached hydrogen (secondary N) is 1. The average molecular weight is 322 g/mol. The molecule has 1 unspecified atom stereocenters. The van der Waals surface area contributed by atoms with Crippen LogP contribution in [-0.2, 0) is 12.1 Å². The Hall–Kier alpha value is -0.500. The first-order valence-electron chi connectivity index (χ1n) is 5.31. The maximum Gasteiger partial charge on any atom is 0.424 e. The van der Waals surface area contributed by atoms with Gasteiger partial charge in [-0.3, -0.25) is 0 Å². The summed E-state index contributed by atoms with van der Waals surface area (Å²) in [5.41, 5.74) is -2.26. The van der Waals surface area contributed by atoms with Gasteiger partial charge in [-0.1, -0.05) is 0 Å². The summed E-state index contributed by atoms with van der Waals surface area (Å²) < 4.78 is 39.8. The van der Waals surface area contributed by atoms with Crippen LogP contribution in [0.15, 0.2) is 6.20 Å². The largest absolute Gasteiger partial charge is 0.424 e. The number of nitrogens with zero attached hydrogens (tertiary/aromatic N) is 2. The predicted molar refractivity (Wildman–Crippen MR) is 68.8 cm³/mol. The SMILES string of the molecule is C[C@H]1CNCc2cnc(C(C)(O)C(F)(F)F)n21.Cl.Cl. The molecule has 2 heterocycles. The fourth-order valence-electron chi connectivity index (χ4n) is 2.01. The number of rotatable bonds is 1. The van der Waals surface area contributed by atoms with Gasteiger partial charge in [0.15, 0.2) is 5.82 Å². The molecule has 0 aromatic carbocycles. The van der Waals surface area contributed by atoms with E-state index in [1.165, 1.54) is 10.8 Å². The van der Waals surface area contributed by atoms with Gasteiger partial charge in [0.1, 0.15) is 0 Å². The summed E-state index contributed by atoms with van der Waals surface area (Å²) in [6.07, 6.45) is -3.36. The summed E-state index contributed by atoms with van der Waals surface area (Å²) in [4.78, 5) is 3.74. The molecule has 1 aliphatic heterocycles. The van der Waals surface area contributed by atoms with Crippen molar-refractivity contribution >= 4 is 24.8 Å². The topological polar surface area (TPSA) is 50.1 Å². The third-order valence-corrected chi connectivity index (χ3v) is 3.05. The molecule has 4 nitrogen and oxygen atoms in total. The Balaban J connectivity index is 0.00000162. The number of hydrogen-bond acceptors (Lipinski definition) is 3. The van der Waals surface area contributed by atoms with Crippen LogP contribution >= 0.6 is 24.8 Å². The van der Waals surface area contributed by atoms with Gasteiger partial charge in [-0.25, -0.2) is 4.98 Å². The zero-order valence-electron chi connectivity index (χ0n) is 10.4. The minimum Gasteiger partial charge on any atom is -0.374 e. The van der Waals surface area contributed by atoms with Crippen molar-refractivity contribution in [3.63, 3.8) is 0 Å². The third kappa shape index (κ3) is 2.99. The molecule has 112 valence electrons. The number of aromatic nitrogens is 2. The Morgan fingerprint density at radius 1 is 1.42 bits per heavy atom. The highest BCUT2D eigenvalue weighted by atomic mass is 35.5. The highest BCUT2D eigenvalue weighted by Crippen LogP contribution is 2.39. The van der Waals surface area contributed by atoms with Gasteiger partial charge in [-0.15, -0.1) is 24.8 Å². The van der Waals surface area contributed by atoms with Crippen LogP contribution in [0.2, 0.25) is 0 Å². The molecule has 1 aliphatic rings. The van der Waals surface area contributed by atoms with Crippen LogP contribution in [-0.4, -0.2) is 27.4 Å². The molecular formula is C10H16Cl2F3N3O. The van der Waals surface area contributed by atoms with Crippen molar-refractivity contribution in [1.82, 2.24) is 14.9 Å². The van der Waals surface area contributed by atoms with Gasteiger partial charge in [0.05, 0.1) is 5.69 Å². The Labute approximate surface area is 121 Å². The maximum atomic E-state index is 12.8. The minimum absolute atomic E-state index is 0. The molecule has 2 rings (SSSR count). The second-order valence-corrected chi connectivity index (χ2v) is 4.49. The summed E-state index contributed by atoms with van der Waals surface area (Å²) in [6, 6.07) is -0.162. The molecule has 9 heteroatoms. The highest BCUT2D eigenvalue weighted by Gasteiger charge is 2.54. The molecule has 0 fully saturated rings. The predicted octanol–water partition coefficient (Wildman–Crippen LogP) is 2.16. The number of halogens is 5. The summed E-state index contributed by atoms with van der Waals surface area (Å²) in [5.74, 6) is -0.339. The van der Waals surface area contributed by atoms with Crippen LogP contribution in [0.25, 0.3) is 0 Å². The molecule has 0 radical (unpaired) electrons. The number of fused-ring (bicyclic) bond motifs is 1. The summed E-state index contributed by atoms with van der Waals surface area (Å²) in [7, 11) is 0. The Morgan fingerprint density at radius 3 is 2.53 bits per heavy atom. The molecule has 2 N–H and O–H groups in total. The van der Waals surface area contributed by atoms with E-state index in [0.717, 1.165) is 6.92 Å². The molecule has 0 saturated carbocycles. The lowest BCUT2D eigenvalue weighted by Crippen LogP contribution is -2.44. The minimum atomic E-state index is -4.74. The molecule has 0 amide bonds. The van der Waals surface area contributed by atoms with E-state index >= 15 is 0 Å². The maximum absolute atomic E-state index is 12.8. The molecule has 2 atom stereocenters. The second kappa shape index (κ2) is 5.87. The van der Waals surface area contributed by atoms with E-state index in [9.17, 15) is 18.3 Å². The zero-order chi connectivity index (χ0) is 12.8. The van der Waals surface area contributed by atoms with Crippen LogP contribution in [0.1, 0.15) is 31.4 Å². The first-order chi connectivity index (χ1) is 7.75. The summed E-state index contributed by atoms with van der Waals surface area (Å²) in [5, 5.41) is 12.7.